The van der Waals surface area contributed by atoms with E-state index < -0.39 is 0 Å². The lowest BCUT2D eigenvalue weighted by Crippen LogP contribution is -2.13. The van der Waals surface area contributed by atoms with Gasteiger partial charge in [0.25, 0.3) is 5.91 Å². The third kappa shape index (κ3) is 5.49. The number of anilines is 1. The zero-order valence-corrected chi connectivity index (χ0v) is 17.2. The number of nitrogens with zero attached hydrogens (tertiary/aromatic N) is 2. The number of halogens is 2. The number of benzene rings is 3. The predicted octanol–water partition coefficient (Wildman–Crippen LogP) is 5.56. The summed E-state index contributed by atoms with van der Waals surface area (Å²) in [7, 11) is 0. The van der Waals surface area contributed by atoms with E-state index in [1.54, 1.807) is 47.3 Å². The molecule has 1 aromatic heterocycles. The number of rotatable bonds is 7. The van der Waals surface area contributed by atoms with Gasteiger partial charge in [-0.05, 0) is 47.5 Å². The van der Waals surface area contributed by atoms with E-state index in [1.807, 2.05) is 30.3 Å². The van der Waals surface area contributed by atoms with Crippen molar-refractivity contribution in [3.63, 3.8) is 0 Å². The van der Waals surface area contributed by atoms with Gasteiger partial charge in [0.2, 0.25) is 0 Å². The summed E-state index contributed by atoms with van der Waals surface area (Å²) in [6.07, 6.45) is 1.68. The normalized spacial score (nSPS) is 10.6. The molecule has 0 aliphatic heterocycles. The molecule has 0 radical (unpaired) electrons. The predicted molar refractivity (Wildman–Crippen MR) is 118 cm³/mol. The maximum atomic E-state index is 12.9. The smallest absolute Gasteiger partial charge is 0.256 e. The number of amides is 1. The Hall–Kier alpha value is -3.64. The van der Waals surface area contributed by atoms with Gasteiger partial charge < -0.3 is 10.1 Å². The summed E-state index contributed by atoms with van der Waals surface area (Å²) in [5, 5.41) is 7.48. The van der Waals surface area contributed by atoms with E-state index in [9.17, 15) is 9.18 Å². The van der Waals surface area contributed by atoms with E-state index in [2.05, 4.69) is 10.4 Å². The number of nitrogens with one attached hydrogen (secondary N) is 1. The van der Waals surface area contributed by atoms with Gasteiger partial charge in [0.15, 0.2) is 5.82 Å². The lowest BCUT2D eigenvalue weighted by molar-refractivity contribution is 0.102. The van der Waals surface area contributed by atoms with E-state index in [1.165, 1.54) is 12.1 Å². The summed E-state index contributed by atoms with van der Waals surface area (Å²) in [6.45, 7) is 0.864. The molecular weight excluding hydrogens is 417 g/mol. The summed E-state index contributed by atoms with van der Waals surface area (Å²) in [4.78, 5) is 12.6. The Morgan fingerprint density at radius 1 is 0.968 bits per heavy atom. The topological polar surface area (TPSA) is 56.2 Å². The van der Waals surface area contributed by atoms with E-state index in [-0.39, 0.29) is 11.7 Å². The molecule has 3 aromatic carbocycles. The average molecular weight is 436 g/mol. The van der Waals surface area contributed by atoms with Crippen molar-refractivity contribution in [1.29, 1.82) is 0 Å². The standard InChI is InChI=1S/C24H19ClFN3O2/c25-22-15-29(14-17-4-2-1-3-5-17)28-23(22)27-24(30)19-8-6-18(7-9-19)16-31-21-12-10-20(26)11-13-21/h1-13,15H,14,16H2,(H,27,28,30). The van der Waals surface area contributed by atoms with Gasteiger partial charge in [0.1, 0.15) is 23.2 Å². The first-order valence-corrected chi connectivity index (χ1v) is 10.0. The van der Waals surface area contributed by atoms with Gasteiger partial charge in [0.05, 0.1) is 6.54 Å². The molecule has 0 unspecified atom stereocenters. The molecule has 7 heteroatoms. The minimum atomic E-state index is -0.312. The maximum Gasteiger partial charge on any atom is 0.256 e. The lowest BCUT2D eigenvalue weighted by atomic mass is 10.1. The van der Waals surface area contributed by atoms with Crippen molar-refractivity contribution in [2.75, 3.05) is 5.32 Å². The number of carbonyl (C=O) groups excluding carboxylic acids is 1. The first-order valence-electron chi connectivity index (χ1n) is 9.62. The Morgan fingerprint density at radius 2 is 1.68 bits per heavy atom. The van der Waals surface area contributed by atoms with Crippen LogP contribution < -0.4 is 10.1 Å². The van der Waals surface area contributed by atoms with Crippen molar-refractivity contribution < 1.29 is 13.9 Å². The van der Waals surface area contributed by atoms with Gasteiger partial charge in [-0.15, -0.1) is 0 Å². The van der Waals surface area contributed by atoms with Crippen molar-refractivity contribution in [3.8, 4) is 5.75 Å². The van der Waals surface area contributed by atoms with Crippen molar-refractivity contribution in [3.05, 3.63) is 113 Å². The van der Waals surface area contributed by atoms with Crippen molar-refractivity contribution >= 4 is 23.3 Å². The number of ether oxygens (including phenoxy) is 1. The zero-order chi connectivity index (χ0) is 21.6. The van der Waals surface area contributed by atoms with Gasteiger partial charge in [0, 0.05) is 11.8 Å². The molecule has 0 aliphatic carbocycles. The van der Waals surface area contributed by atoms with Crippen LogP contribution in [-0.2, 0) is 13.2 Å². The van der Waals surface area contributed by atoms with Crippen LogP contribution in [0.4, 0.5) is 10.2 Å². The molecule has 4 aromatic rings. The second-order valence-electron chi connectivity index (χ2n) is 6.90. The molecule has 0 aliphatic rings. The summed E-state index contributed by atoms with van der Waals surface area (Å²) in [5.41, 5.74) is 2.43. The highest BCUT2D eigenvalue weighted by molar-refractivity contribution is 6.33. The van der Waals surface area contributed by atoms with Crippen LogP contribution in [-0.4, -0.2) is 15.7 Å². The van der Waals surface area contributed by atoms with Crippen molar-refractivity contribution in [1.82, 2.24) is 9.78 Å². The molecule has 5 nitrogen and oxygen atoms in total. The van der Waals surface area contributed by atoms with Gasteiger partial charge in [-0.2, -0.15) is 5.10 Å². The van der Waals surface area contributed by atoms with Crippen LogP contribution >= 0.6 is 11.6 Å². The summed E-state index contributed by atoms with van der Waals surface area (Å²) in [5.74, 6) is 0.265. The molecule has 0 fully saturated rings. The quantitative estimate of drug-likeness (QED) is 0.413. The van der Waals surface area contributed by atoms with Gasteiger partial charge in [-0.1, -0.05) is 54.1 Å². The lowest BCUT2D eigenvalue weighted by Gasteiger charge is -2.07. The molecule has 31 heavy (non-hydrogen) atoms. The number of hydrogen-bond donors (Lipinski definition) is 1. The fraction of sp³-hybridized carbons (Fsp3) is 0.0833. The fourth-order valence-corrected chi connectivity index (χ4v) is 3.16. The van der Waals surface area contributed by atoms with Crippen LogP contribution in [0.25, 0.3) is 0 Å². The first-order chi connectivity index (χ1) is 15.1. The summed E-state index contributed by atoms with van der Waals surface area (Å²) in [6, 6.07) is 22.7. The van der Waals surface area contributed by atoms with Crippen LogP contribution in [0.3, 0.4) is 0 Å². The van der Waals surface area contributed by atoms with Crippen LogP contribution in [0.1, 0.15) is 21.5 Å². The molecule has 4 rings (SSSR count). The van der Waals surface area contributed by atoms with Crippen LogP contribution in [0.15, 0.2) is 85.1 Å². The second-order valence-corrected chi connectivity index (χ2v) is 7.31. The Balaban J connectivity index is 1.35. The Labute approximate surface area is 184 Å². The van der Waals surface area contributed by atoms with Gasteiger partial charge >= 0.3 is 0 Å². The second kappa shape index (κ2) is 9.45. The van der Waals surface area contributed by atoms with E-state index >= 15 is 0 Å². The highest BCUT2D eigenvalue weighted by atomic mass is 35.5. The maximum absolute atomic E-state index is 12.9. The third-order valence-corrected chi connectivity index (χ3v) is 4.85. The molecule has 0 saturated heterocycles. The number of hydrogen-bond acceptors (Lipinski definition) is 3. The van der Waals surface area contributed by atoms with Crippen molar-refractivity contribution in [2.24, 2.45) is 0 Å². The Bertz CT molecular complexity index is 1160. The summed E-state index contributed by atoms with van der Waals surface area (Å²) < 4.78 is 20.2. The fourth-order valence-electron chi connectivity index (χ4n) is 2.96. The molecule has 0 saturated carbocycles. The van der Waals surface area contributed by atoms with Crippen LogP contribution in [0.5, 0.6) is 5.75 Å². The van der Waals surface area contributed by atoms with Crippen LogP contribution in [0.2, 0.25) is 5.02 Å². The molecule has 156 valence electrons. The average Bonchev–Trinajstić information content (AvgIpc) is 3.12. The SMILES string of the molecule is O=C(Nc1nn(Cc2ccccc2)cc1Cl)c1ccc(COc2ccc(F)cc2)cc1. The highest BCUT2D eigenvalue weighted by Crippen LogP contribution is 2.21. The largest absolute Gasteiger partial charge is 0.489 e. The molecule has 1 amide bonds. The van der Waals surface area contributed by atoms with E-state index in [4.69, 9.17) is 16.3 Å². The zero-order valence-electron chi connectivity index (χ0n) is 16.5. The number of carbonyl (C=O) groups is 1. The first kappa shape index (κ1) is 20.6. The molecule has 0 bridgehead atoms. The minimum Gasteiger partial charge on any atom is -0.489 e. The Kier molecular flexibility index (Phi) is 6.29. The monoisotopic (exact) mass is 435 g/mol. The van der Waals surface area contributed by atoms with Gasteiger partial charge in [-0.25, -0.2) is 4.39 Å². The molecule has 0 spiro atoms. The minimum absolute atomic E-state index is 0.308. The molecule has 1 N–H and O–H groups in total. The molecule has 1 heterocycles. The number of aromatic nitrogens is 2. The van der Waals surface area contributed by atoms with Gasteiger partial charge in [-0.3, -0.25) is 9.48 Å². The molecule has 0 atom stereocenters. The Morgan fingerprint density at radius 3 is 2.39 bits per heavy atom. The van der Waals surface area contributed by atoms with E-state index in [0.717, 1.165) is 11.1 Å². The summed E-state index contributed by atoms with van der Waals surface area (Å²) >= 11 is 6.24. The highest BCUT2D eigenvalue weighted by Gasteiger charge is 2.13. The third-order valence-electron chi connectivity index (χ3n) is 4.57. The van der Waals surface area contributed by atoms with Crippen molar-refractivity contribution in [2.45, 2.75) is 13.2 Å². The van der Waals surface area contributed by atoms with E-state index in [0.29, 0.717) is 35.3 Å². The molecular formula is C24H19ClFN3O2. The van der Waals surface area contributed by atoms with Crippen LogP contribution in [0, 0.1) is 5.82 Å².